The highest BCUT2D eigenvalue weighted by Gasteiger charge is 2.26. The van der Waals surface area contributed by atoms with Crippen molar-refractivity contribution in [1.29, 1.82) is 0 Å². The molecule has 1 aliphatic rings. The number of hydrogen-bond donors (Lipinski definition) is 1. The molecule has 0 bridgehead atoms. The number of para-hydroxylation sites is 1. The van der Waals surface area contributed by atoms with Crippen molar-refractivity contribution in [2.45, 2.75) is 19.4 Å². The maximum atomic E-state index is 12.9. The monoisotopic (exact) mass is 400 g/mol. The van der Waals surface area contributed by atoms with Crippen LogP contribution in [0.2, 0.25) is 0 Å². The molecule has 3 heterocycles. The van der Waals surface area contributed by atoms with Crippen LogP contribution in [0.3, 0.4) is 0 Å². The van der Waals surface area contributed by atoms with Gasteiger partial charge < -0.3 is 9.73 Å². The van der Waals surface area contributed by atoms with Crippen LogP contribution in [-0.4, -0.2) is 33.7 Å². The number of rotatable bonds is 5. The molecule has 0 radical (unpaired) electrons. The van der Waals surface area contributed by atoms with Gasteiger partial charge in [0.05, 0.1) is 18.2 Å². The molecule has 0 spiro atoms. The van der Waals surface area contributed by atoms with Crippen molar-refractivity contribution in [1.82, 2.24) is 14.7 Å². The van der Waals surface area contributed by atoms with E-state index in [9.17, 15) is 4.79 Å². The lowest BCUT2D eigenvalue weighted by Crippen LogP contribution is -2.40. The zero-order valence-corrected chi connectivity index (χ0v) is 16.7. The molecule has 1 saturated heterocycles. The summed E-state index contributed by atoms with van der Waals surface area (Å²) in [6.45, 7) is 2.45. The van der Waals surface area contributed by atoms with Crippen LogP contribution in [0.25, 0.3) is 16.7 Å². The first-order valence-corrected chi connectivity index (χ1v) is 10.4. The minimum Gasteiger partial charge on any atom is -0.460 e. The van der Waals surface area contributed by atoms with Crippen molar-refractivity contribution < 1.29 is 9.21 Å². The van der Waals surface area contributed by atoms with Gasteiger partial charge in [-0.3, -0.25) is 9.69 Å². The molecule has 0 unspecified atom stereocenters. The van der Waals surface area contributed by atoms with Gasteiger partial charge >= 0.3 is 0 Å². The third kappa shape index (κ3) is 4.00. The van der Waals surface area contributed by atoms with Gasteiger partial charge in [-0.2, -0.15) is 5.10 Å². The highest BCUT2D eigenvalue weighted by Crippen LogP contribution is 2.24. The number of hydrogen-bond acceptors (Lipinski definition) is 4. The summed E-state index contributed by atoms with van der Waals surface area (Å²) < 4.78 is 7.74. The van der Waals surface area contributed by atoms with Crippen LogP contribution >= 0.6 is 0 Å². The van der Waals surface area contributed by atoms with E-state index in [1.54, 1.807) is 10.9 Å². The lowest BCUT2D eigenvalue weighted by molar-refractivity contribution is -0.121. The molecule has 1 atom stereocenters. The van der Waals surface area contributed by atoms with E-state index in [4.69, 9.17) is 4.42 Å². The summed E-state index contributed by atoms with van der Waals surface area (Å²) in [4.78, 5) is 15.2. The van der Waals surface area contributed by atoms with Gasteiger partial charge in [-0.25, -0.2) is 4.68 Å². The van der Waals surface area contributed by atoms with Gasteiger partial charge in [0, 0.05) is 30.0 Å². The van der Waals surface area contributed by atoms with E-state index < -0.39 is 0 Å². The average Bonchev–Trinajstić information content (AvgIpc) is 3.44. The topological polar surface area (TPSA) is 63.3 Å². The number of nitrogens with zero attached hydrogens (tertiary/aromatic N) is 3. The van der Waals surface area contributed by atoms with E-state index in [2.05, 4.69) is 27.4 Å². The summed E-state index contributed by atoms with van der Waals surface area (Å²) in [6, 6.07) is 19.8. The molecular formula is C24H24N4O2. The van der Waals surface area contributed by atoms with Crippen molar-refractivity contribution in [3.8, 4) is 5.69 Å². The van der Waals surface area contributed by atoms with Crippen LogP contribution < -0.4 is 5.32 Å². The molecule has 1 amide bonds. The molecule has 6 heteroatoms. The van der Waals surface area contributed by atoms with E-state index in [1.165, 1.54) is 0 Å². The molecule has 0 aliphatic carbocycles. The minimum absolute atomic E-state index is 0.0310. The van der Waals surface area contributed by atoms with E-state index in [1.807, 2.05) is 54.7 Å². The number of amides is 1. The van der Waals surface area contributed by atoms with E-state index in [0.717, 1.165) is 60.6 Å². The molecule has 1 aliphatic heterocycles. The second-order valence-corrected chi connectivity index (χ2v) is 7.82. The van der Waals surface area contributed by atoms with Crippen LogP contribution in [0.4, 0.5) is 5.69 Å². The predicted octanol–water partition coefficient (Wildman–Crippen LogP) is 4.47. The molecular weight excluding hydrogens is 376 g/mol. The number of furan rings is 1. The Balaban J connectivity index is 1.23. The lowest BCUT2D eigenvalue weighted by atomic mass is 9.97. The Morgan fingerprint density at radius 1 is 1.13 bits per heavy atom. The first kappa shape index (κ1) is 18.6. The zero-order chi connectivity index (χ0) is 20.3. The number of nitrogens with one attached hydrogen (secondary N) is 1. The molecule has 30 heavy (non-hydrogen) atoms. The van der Waals surface area contributed by atoms with Gasteiger partial charge in [0.25, 0.3) is 0 Å². The number of benzene rings is 2. The van der Waals surface area contributed by atoms with Gasteiger partial charge in [0.2, 0.25) is 5.91 Å². The fourth-order valence-corrected chi connectivity index (χ4v) is 4.14. The fraction of sp³-hybridized carbons (Fsp3) is 0.250. The summed E-state index contributed by atoms with van der Waals surface area (Å²) in [6.07, 6.45) is 5.54. The summed E-state index contributed by atoms with van der Waals surface area (Å²) in [5, 5.41) is 8.46. The van der Waals surface area contributed by atoms with Crippen LogP contribution in [0.1, 0.15) is 18.6 Å². The molecule has 0 saturated carbocycles. The standard InChI is InChI=1S/C24H24N4O2/c29-24(26-20-8-3-9-21(15-20)28-13-5-11-25-28)19-7-4-12-27(16-19)17-22-14-18-6-1-2-10-23(18)30-22/h1-3,5-6,8-11,13-15,19H,4,7,12,16-17H2,(H,26,29)/t19-/m0/s1. The van der Waals surface area contributed by atoms with Crippen molar-refractivity contribution in [3.63, 3.8) is 0 Å². The first-order chi connectivity index (χ1) is 14.7. The second kappa shape index (κ2) is 8.16. The van der Waals surface area contributed by atoms with Crippen molar-refractivity contribution in [2.75, 3.05) is 18.4 Å². The Labute approximate surface area is 175 Å². The minimum atomic E-state index is -0.0310. The summed E-state index contributed by atoms with van der Waals surface area (Å²) in [5.41, 5.74) is 2.63. The normalized spacial score (nSPS) is 17.3. The molecule has 6 nitrogen and oxygen atoms in total. The maximum Gasteiger partial charge on any atom is 0.228 e. The Hall–Kier alpha value is -3.38. The Kier molecular flexibility index (Phi) is 5.07. The van der Waals surface area contributed by atoms with Crippen LogP contribution in [0, 0.1) is 5.92 Å². The van der Waals surface area contributed by atoms with Gasteiger partial charge in [-0.15, -0.1) is 0 Å². The fourth-order valence-electron chi connectivity index (χ4n) is 4.14. The Morgan fingerprint density at radius 3 is 2.93 bits per heavy atom. The summed E-state index contributed by atoms with van der Waals surface area (Å²) in [5.74, 6) is 0.989. The Bertz CT molecular complexity index is 1120. The lowest BCUT2D eigenvalue weighted by Gasteiger charge is -2.31. The van der Waals surface area contributed by atoms with Crippen molar-refractivity contribution in [2.24, 2.45) is 5.92 Å². The number of carbonyl (C=O) groups is 1. The molecule has 1 fully saturated rings. The second-order valence-electron chi connectivity index (χ2n) is 7.82. The Morgan fingerprint density at radius 2 is 2.07 bits per heavy atom. The molecule has 1 N–H and O–H groups in total. The van der Waals surface area contributed by atoms with Crippen LogP contribution in [0.15, 0.2) is 77.5 Å². The molecule has 4 aromatic rings. The number of likely N-dealkylation sites (tertiary alicyclic amines) is 1. The number of piperidine rings is 1. The van der Waals surface area contributed by atoms with E-state index in [0.29, 0.717) is 0 Å². The summed E-state index contributed by atoms with van der Waals surface area (Å²) >= 11 is 0. The largest absolute Gasteiger partial charge is 0.460 e. The van der Waals surface area contributed by atoms with Gasteiger partial charge in [0.15, 0.2) is 0 Å². The van der Waals surface area contributed by atoms with Crippen LogP contribution in [0.5, 0.6) is 0 Å². The number of fused-ring (bicyclic) bond motifs is 1. The maximum absolute atomic E-state index is 12.9. The van der Waals surface area contributed by atoms with Gasteiger partial charge in [0.1, 0.15) is 11.3 Å². The van der Waals surface area contributed by atoms with Gasteiger partial charge in [-0.1, -0.05) is 24.3 Å². The third-order valence-electron chi connectivity index (χ3n) is 5.61. The third-order valence-corrected chi connectivity index (χ3v) is 5.61. The highest BCUT2D eigenvalue weighted by molar-refractivity contribution is 5.93. The number of anilines is 1. The predicted molar refractivity (Wildman–Crippen MR) is 116 cm³/mol. The molecule has 152 valence electrons. The zero-order valence-electron chi connectivity index (χ0n) is 16.7. The van der Waals surface area contributed by atoms with Crippen molar-refractivity contribution in [3.05, 3.63) is 78.8 Å². The van der Waals surface area contributed by atoms with E-state index in [-0.39, 0.29) is 11.8 Å². The van der Waals surface area contributed by atoms with Crippen LogP contribution in [-0.2, 0) is 11.3 Å². The average molecular weight is 400 g/mol. The number of carbonyl (C=O) groups excluding carboxylic acids is 1. The highest BCUT2D eigenvalue weighted by atomic mass is 16.3. The SMILES string of the molecule is O=C(Nc1cccc(-n2cccn2)c1)[C@H]1CCCN(Cc2cc3ccccc3o2)C1. The van der Waals surface area contributed by atoms with Crippen molar-refractivity contribution >= 4 is 22.6 Å². The summed E-state index contributed by atoms with van der Waals surface area (Å²) in [7, 11) is 0. The van der Waals surface area contributed by atoms with Gasteiger partial charge in [-0.05, 0) is 55.8 Å². The smallest absolute Gasteiger partial charge is 0.228 e. The first-order valence-electron chi connectivity index (χ1n) is 10.4. The number of aromatic nitrogens is 2. The molecule has 2 aromatic heterocycles. The molecule has 2 aromatic carbocycles. The van der Waals surface area contributed by atoms with E-state index >= 15 is 0 Å². The molecule has 5 rings (SSSR count). The quantitative estimate of drug-likeness (QED) is 0.537.